The van der Waals surface area contributed by atoms with Crippen molar-refractivity contribution < 1.29 is 4.39 Å². The monoisotopic (exact) mass is 231 g/mol. The first-order chi connectivity index (χ1) is 5.54. The van der Waals surface area contributed by atoms with Gasteiger partial charge in [0.1, 0.15) is 5.82 Å². The molecule has 0 saturated carbocycles. The SMILES string of the molecule is Cc1c(Br)ccc(F)c1C(C)N. The molecule has 12 heavy (non-hydrogen) atoms. The average Bonchev–Trinajstić information content (AvgIpc) is 1.97. The summed E-state index contributed by atoms with van der Waals surface area (Å²) in [6.45, 7) is 3.63. The highest BCUT2D eigenvalue weighted by Crippen LogP contribution is 2.25. The van der Waals surface area contributed by atoms with Gasteiger partial charge in [-0.25, -0.2) is 4.39 Å². The van der Waals surface area contributed by atoms with Crippen molar-refractivity contribution in [1.29, 1.82) is 0 Å². The zero-order chi connectivity index (χ0) is 9.30. The predicted octanol–water partition coefficient (Wildman–Crippen LogP) is 2.92. The van der Waals surface area contributed by atoms with E-state index in [-0.39, 0.29) is 11.9 Å². The molecule has 0 aliphatic rings. The molecule has 0 bridgehead atoms. The zero-order valence-electron chi connectivity index (χ0n) is 7.07. The van der Waals surface area contributed by atoms with Crippen LogP contribution in [0.5, 0.6) is 0 Å². The Morgan fingerprint density at radius 1 is 1.50 bits per heavy atom. The molecule has 0 amide bonds. The summed E-state index contributed by atoms with van der Waals surface area (Å²) in [5, 5.41) is 0. The van der Waals surface area contributed by atoms with Crippen LogP contribution >= 0.6 is 15.9 Å². The van der Waals surface area contributed by atoms with E-state index in [2.05, 4.69) is 15.9 Å². The Labute approximate surface area is 79.9 Å². The summed E-state index contributed by atoms with van der Waals surface area (Å²) < 4.78 is 14.1. The summed E-state index contributed by atoms with van der Waals surface area (Å²) in [6.07, 6.45) is 0. The van der Waals surface area contributed by atoms with E-state index in [9.17, 15) is 4.39 Å². The maximum atomic E-state index is 13.2. The number of hydrogen-bond donors (Lipinski definition) is 1. The second kappa shape index (κ2) is 3.54. The molecule has 3 heteroatoms. The molecule has 0 aromatic heterocycles. The van der Waals surface area contributed by atoms with Crippen LogP contribution in [-0.4, -0.2) is 0 Å². The number of rotatable bonds is 1. The number of nitrogens with two attached hydrogens (primary N) is 1. The quantitative estimate of drug-likeness (QED) is 0.791. The van der Waals surface area contributed by atoms with Crippen molar-refractivity contribution >= 4 is 15.9 Å². The molecule has 0 saturated heterocycles. The third-order valence-electron chi connectivity index (χ3n) is 1.85. The van der Waals surface area contributed by atoms with Crippen molar-refractivity contribution in [3.63, 3.8) is 0 Å². The maximum absolute atomic E-state index is 13.2. The van der Waals surface area contributed by atoms with Crippen LogP contribution in [0.1, 0.15) is 24.1 Å². The minimum Gasteiger partial charge on any atom is -0.324 e. The van der Waals surface area contributed by atoms with Crippen LogP contribution in [0.2, 0.25) is 0 Å². The van der Waals surface area contributed by atoms with Gasteiger partial charge in [-0.3, -0.25) is 0 Å². The molecule has 1 unspecified atom stereocenters. The molecular formula is C9H11BrFN. The molecule has 0 radical (unpaired) electrons. The van der Waals surface area contributed by atoms with Gasteiger partial charge in [-0.2, -0.15) is 0 Å². The predicted molar refractivity (Wildman–Crippen MR) is 51.4 cm³/mol. The van der Waals surface area contributed by atoms with E-state index in [1.807, 2.05) is 6.92 Å². The van der Waals surface area contributed by atoms with Crippen LogP contribution in [0, 0.1) is 12.7 Å². The van der Waals surface area contributed by atoms with Crippen LogP contribution in [-0.2, 0) is 0 Å². The maximum Gasteiger partial charge on any atom is 0.128 e. The third-order valence-corrected chi connectivity index (χ3v) is 2.71. The fraction of sp³-hybridized carbons (Fsp3) is 0.333. The van der Waals surface area contributed by atoms with Crippen molar-refractivity contribution in [2.75, 3.05) is 0 Å². The van der Waals surface area contributed by atoms with E-state index in [1.54, 1.807) is 13.0 Å². The first-order valence-electron chi connectivity index (χ1n) is 3.74. The summed E-state index contributed by atoms with van der Waals surface area (Å²) in [5.41, 5.74) is 7.09. The fourth-order valence-electron chi connectivity index (χ4n) is 1.23. The van der Waals surface area contributed by atoms with Gasteiger partial charge < -0.3 is 5.73 Å². The average molecular weight is 232 g/mol. The zero-order valence-corrected chi connectivity index (χ0v) is 8.65. The Kier molecular flexibility index (Phi) is 2.85. The van der Waals surface area contributed by atoms with Gasteiger partial charge in [0.25, 0.3) is 0 Å². The summed E-state index contributed by atoms with van der Waals surface area (Å²) >= 11 is 3.33. The normalized spacial score (nSPS) is 13.1. The smallest absolute Gasteiger partial charge is 0.128 e. The Balaban J connectivity index is 3.33. The topological polar surface area (TPSA) is 26.0 Å². The van der Waals surface area contributed by atoms with E-state index in [1.165, 1.54) is 6.07 Å². The highest BCUT2D eigenvalue weighted by Gasteiger charge is 2.11. The highest BCUT2D eigenvalue weighted by atomic mass is 79.9. The van der Waals surface area contributed by atoms with Gasteiger partial charge in [0.15, 0.2) is 0 Å². The summed E-state index contributed by atoms with van der Waals surface area (Å²) in [6, 6.07) is 2.86. The lowest BCUT2D eigenvalue weighted by Gasteiger charge is -2.11. The van der Waals surface area contributed by atoms with Gasteiger partial charge in [-0.05, 0) is 31.5 Å². The van der Waals surface area contributed by atoms with Gasteiger partial charge in [0.05, 0.1) is 0 Å². The molecule has 2 N–H and O–H groups in total. The Hall–Kier alpha value is -0.410. The number of halogens is 2. The fourth-order valence-corrected chi connectivity index (χ4v) is 1.57. The standard InChI is InChI=1S/C9H11BrFN/c1-5-7(10)3-4-8(11)9(5)6(2)12/h3-4,6H,12H2,1-2H3. The van der Waals surface area contributed by atoms with Crippen molar-refractivity contribution in [3.8, 4) is 0 Å². The minimum atomic E-state index is -0.262. The first-order valence-corrected chi connectivity index (χ1v) is 4.53. The lowest BCUT2D eigenvalue weighted by molar-refractivity contribution is 0.590. The lowest BCUT2D eigenvalue weighted by Crippen LogP contribution is -2.09. The van der Waals surface area contributed by atoms with Gasteiger partial charge in [-0.1, -0.05) is 15.9 Å². The van der Waals surface area contributed by atoms with E-state index in [0.29, 0.717) is 5.56 Å². The Morgan fingerprint density at radius 2 is 2.08 bits per heavy atom. The summed E-state index contributed by atoms with van der Waals surface area (Å²) in [4.78, 5) is 0. The van der Waals surface area contributed by atoms with Gasteiger partial charge in [0, 0.05) is 16.1 Å². The number of benzene rings is 1. The van der Waals surface area contributed by atoms with Crippen LogP contribution in [0.3, 0.4) is 0 Å². The summed E-state index contributed by atoms with van der Waals surface area (Å²) in [7, 11) is 0. The van der Waals surface area contributed by atoms with Crippen LogP contribution in [0.25, 0.3) is 0 Å². The molecule has 0 aliphatic heterocycles. The van der Waals surface area contributed by atoms with Crippen LogP contribution in [0.4, 0.5) is 4.39 Å². The highest BCUT2D eigenvalue weighted by molar-refractivity contribution is 9.10. The molecule has 1 atom stereocenters. The molecule has 1 aromatic rings. The lowest BCUT2D eigenvalue weighted by atomic mass is 10.0. The van der Waals surface area contributed by atoms with Gasteiger partial charge >= 0.3 is 0 Å². The molecule has 0 fully saturated rings. The molecule has 1 nitrogen and oxygen atoms in total. The molecule has 0 spiro atoms. The summed E-state index contributed by atoms with van der Waals surface area (Å²) in [5.74, 6) is -0.231. The van der Waals surface area contributed by atoms with Crippen molar-refractivity contribution in [1.82, 2.24) is 0 Å². The molecule has 0 aliphatic carbocycles. The molecule has 66 valence electrons. The third kappa shape index (κ3) is 1.67. The van der Waals surface area contributed by atoms with Crippen LogP contribution < -0.4 is 5.73 Å². The number of hydrogen-bond acceptors (Lipinski definition) is 1. The first kappa shape index (κ1) is 9.68. The van der Waals surface area contributed by atoms with Crippen molar-refractivity contribution in [2.24, 2.45) is 5.73 Å². The Morgan fingerprint density at radius 3 is 2.50 bits per heavy atom. The second-order valence-corrected chi connectivity index (χ2v) is 3.71. The van der Waals surface area contributed by atoms with E-state index >= 15 is 0 Å². The van der Waals surface area contributed by atoms with E-state index in [0.717, 1.165) is 10.0 Å². The van der Waals surface area contributed by atoms with Gasteiger partial charge in [-0.15, -0.1) is 0 Å². The Bertz CT molecular complexity index is 297. The second-order valence-electron chi connectivity index (χ2n) is 2.86. The van der Waals surface area contributed by atoms with E-state index in [4.69, 9.17) is 5.73 Å². The van der Waals surface area contributed by atoms with E-state index < -0.39 is 0 Å². The van der Waals surface area contributed by atoms with Crippen molar-refractivity contribution in [3.05, 3.63) is 33.5 Å². The minimum absolute atomic E-state index is 0.231. The van der Waals surface area contributed by atoms with Gasteiger partial charge in [0.2, 0.25) is 0 Å². The largest absolute Gasteiger partial charge is 0.324 e. The molecular weight excluding hydrogens is 221 g/mol. The molecule has 1 rings (SSSR count). The van der Waals surface area contributed by atoms with Crippen LogP contribution in [0.15, 0.2) is 16.6 Å². The molecule has 1 aromatic carbocycles. The van der Waals surface area contributed by atoms with Crippen molar-refractivity contribution in [2.45, 2.75) is 19.9 Å². The molecule has 0 heterocycles.